The summed E-state index contributed by atoms with van der Waals surface area (Å²) >= 11 is 3.19. The van der Waals surface area contributed by atoms with Crippen molar-refractivity contribution in [3.8, 4) is 0 Å². The number of rotatable bonds is 6. The van der Waals surface area contributed by atoms with Crippen LogP contribution in [0.5, 0.6) is 0 Å². The molecule has 24 heavy (non-hydrogen) atoms. The van der Waals surface area contributed by atoms with Gasteiger partial charge in [0.1, 0.15) is 5.82 Å². The van der Waals surface area contributed by atoms with Crippen molar-refractivity contribution in [2.45, 2.75) is 32.2 Å². The minimum Gasteiger partial charge on any atom is -0.381 e. The van der Waals surface area contributed by atoms with E-state index < -0.39 is 21.7 Å². The van der Waals surface area contributed by atoms with Crippen LogP contribution < -0.4 is 11.1 Å². The van der Waals surface area contributed by atoms with E-state index in [1.54, 1.807) is 6.07 Å². The highest BCUT2D eigenvalue weighted by Gasteiger charge is 2.28. The van der Waals surface area contributed by atoms with Crippen molar-refractivity contribution in [3.63, 3.8) is 0 Å². The molecule has 0 saturated carbocycles. The SMILES string of the molecule is CCCS(=O)(=O)N1CCC(Nc2cc(Br)cc(F)c2C(N)=O)CC1. The maximum absolute atomic E-state index is 14.0. The van der Waals surface area contributed by atoms with E-state index in [9.17, 15) is 17.6 Å². The third kappa shape index (κ3) is 4.46. The molecule has 6 nitrogen and oxygen atoms in total. The first kappa shape index (κ1) is 19.1. The zero-order chi connectivity index (χ0) is 17.9. The smallest absolute Gasteiger partial charge is 0.253 e. The van der Waals surface area contributed by atoms with Crippen LogP contribution in [0, 0.1) is 5.82 Å². The van der Waals surface area contributed by atoms with E-state index in [2.05, 4.69) is 21.2 Å². The topological polar surface area (TPSA) is 92.5 Å². The van der Waals surface area contributed by atoms with Crippen molar-refractivity contribution >= 4 is 37.5 Å². The van der Waals surface area contributed by atoms with Gasteiger partial charge in [-0.05, 0) is 31.4 Å². The van der Waals surface area contributed by atoms with E-state index in [1.165, 1.54) is 10.4 Å². The molecule has 1 aromatic carbocycles. The second-order valence-electron chi connectivity index (χ2n) is 5.81. The highest BCUT2D eigenvalue weighted by molar-refractivity contribution is 9.10. The molecule has 1 amide bonds. The summed E-state index contributed by atoms with van der Waals surface area (Å²) in [5.74, 6) is -1.39. The van der Waals surface area contributed by atoms with Crippen LogP contribution in [0.3, 0.4) is 0 Å². The lowest BCUT2D eigenvalue weighted by Crippen LogP contribution is -2.43. The number of benzene rings is 1. The molecular weight excluding hydrogens is 401 g/mol. The second kappa shape index (κ2) is 7.79. The van der Waals surface area contributed by atoms with Crippen LogP contribution in [0.1, 0.15) is 36.5 Å². The molecule has 1 heterocycles. The number of amides is 1. The Morgan fingerprint density at radius 1 is 1.42 bits per heavy atom. The van der Waals surface area contributed by atoms with Gasteiger partial charge in [0.05, 0.1) is 17.0 Å². The molecule has 1 aromatic rings. The van der Waals surface area contributed by atoms with E-state index in [0.29, 0.717) is 42.5 Å². The number of carbonyl (C=O) groups excluding carboxylic acids is 1. The Bertz CT molecular complexity index is 719. The van der Waals surface area contributed by atoms with Crippen molar-refractivity contribution in [3.05, 3.63) is 28.0 Å². The first-order valence-electron chi connectivity index (χ1n) is 7.77. The van der Waals surface area contributed by atoms with Crippen LogP contribution in [0.2, 0.25) is 0 Å². The number of halogens is 2. The molecule has 0 spiro atoms. The maximum atomic E-state index is 14.0. The summed E-state index contributed by atoms with van der Waals surface area (Å²) in [5, 5.41) is 3.12. The molecule has 2 rings (SSSR count). The Morgan fingerprint density at radius 3 is 2.58 bits per heavy atom. The Labute approximate surface area is 149 Å². The summed E-state index contributed by atoms with van der Waals surface area (Å²) in [5.41, 5.74) is 5.40. The third-order valence-electron chi connectivity index (χ3n) is 3.97. The van der Waals surface area contributed by atoms with Crippen molar-refractivity contribution < 1.29 is 17.6 Å². The fraction of sp³-hybridized carbons (Fsp3) is 0.533. The fourth-order valence-electron chi connectivity index (χ4n) is 2.82. The van der Waals surface area contributed by atoms with Crippen LogP contribution in [0.25, 0.3) is 0 Å². The molecule has 1 fully saturated rings. The molecule has 3 N–H and O–H groups in total. The van der Waals surface area contributed by atoms with Crippen molar-refractivity contribution in [1.82, 2.24) is 4.31 Å². The number of nitrogens with one attached hydrogen (secondary N) is 1. The average molecular weight is 422 g/mol. The first-order valence-corrected chi connectivity index (χ1v) is 10.2. The normalized spacial score (nSPS) is 17.0. The van der Waals surface area contributed by atoms with Gasteiger partial charge < -0.3 is 11.1 Å². The molecule has 1 saturated heterocycles. The Morgan fingerprint density at radius 2 is 2.04 bits per heavy atom. The van der Waals surface area contributed by atoms with Gasteiger partial charge in [-0.15, -0.1) is 0 Å². The quantitative estimate of drug-likeness (QED) is 0.736. The minimum absolute atomic E-state index is 0.0510. The third-order valence-corrected chi connectivity index (χ3v) is 6.50. The Kier molecular flexibility index (Phi) is 6.22. The molecule has 1 aliphatic rings. The molecule has 0 aromatic heterocycles. The summed E-state index contributed by atoms with van der Waals surface area (Å²) in [7, 11) is -3.20. The summed E-state index contributed by atoms with van der Waals surface area (Å²) in [6, 6.07) is 2.74. The van der Waals surface area contributed by atoms with Crippen LogP contribution in [-0.2, 0) is 10.0 Å². The molecule has 0 aliphatic carbocycles. The van der Waals surface area contributed by atoms with Gasteiger partial charge >= 0.3 is 0 Å². The molecule has 134 valence electrons. The van der Waals surface area contributed by atoms with E-state index in [1.807, 2.05) is 6.92 Å². The standard InChI is InChI=1S/C15H21BrFN3O3S/c1-2-7-24(22,23)20-5-3-11(4-6-20)19-13-9-10(16)8-12(17)14(13)15(18)21/h8-9,11,19H,2-7H2,1H3,(H2,18,21). The summed E-state index contributed by atoms with van der Waals surface area (Å²) in [4.78, 5) is 11.5. The number of sulfonamides is 1. The number of hydrogen-bond donors (Lipinski definition) is 2. The highest BCUT2D eigenvalue weighted by Crippen LogP contribution is 2.27. The first-order chi connectivity index (χ1) is 11.2. The van der Waals surface area contributed by atoms with Crippen LogP contribution >= 0.6 is 15.9 Å². The number of carbonyl (C=O) groups is 1. The van der Waals surface area contributed by atoms with Gasteiger partial charge in [0.25, 0.3) is 5.91 Å². The van der Waals surface area contributed by atoms with E-state index in [0.717, 1.165) is 0 Å². The number of anilines is 1. The van der Waals surface area contributed by atoms with Gasteiger partial charge in [-0.25, -0.2) is 17.1 Å². The highest BCUT2D eigenvalue weighted by atomic mass is 79.9. The van der Waals surface area contributed by atoms with E-state index in [-0.39, 0.29) is 17.4 Å². The lowest BCUT2D eigenvalue weighted by atomic mass is 10.0. The number of nitrogens with two attached hydrogens (primary N) is 1. The molecule has 1 aliphatic heterocycles. The molecule has 0 bridgehead atoms. The van der Waals surface area contributed by atoms with Gasteiger partial charge in [-0.2, -0.15) is 0 Å². The van der Waals surface area contributed by atoms with Gasteiger partial charge in [-0.1, -0.05) is 22.9 Å². The van der Waals surface area contributed by atoms with E-state index >= 15 is 0 Å². The second-order valence-corrected chi connectivity index (χ2v) is 8.81. The van der Waals surface area contributed by atoms with Crippen LogP contribution in [0.4, 0.5) is 10.1 Å². The fourth-order valence-corrected chi connectivity index (χ4v) is 4.79. The van der Waals surface area contributed by atoms with Crippen molar-refractivity contribution in [1.29, 1.82) is 0 Å². The largest absolute Gasteiger partial charge is 0.381 e. The van der Waals surface area contributed by atoms with Gasteiger partial charge in [-0.3, -0.25) is 4.79 Å². The monoisotopic (exact) mass is 421 g/mol. The van der Waals surface area contributed by atoms with Gasteiger partial charge in [0.15, 0.2) is 0 Å². The van der Waals surface area contributed by atoms with Gasteiger partial charge in [0, 0.05) is 23.6 Å². The minimum atomic E-state index is -3.20. The molecule has 0 atom stereocenters. The Balaban J connectivity index is 2.09. The average Bonchev–Trinajstić information content (AvgIpc) is 2.46. The Hall–Kier alpha value is -1.19. The maximum Gasteiger partial charge on any atom is 0.253 e. The predicted molar refractivity (Wildman–Crippen MR) is 94.9 cm³/mol. The lowest BCUT2D eigenvalue weighted by molar-refractivity contribution is 0.0997. The zero-order valence-corrected chi connectivity index (χ0v) is 15.8. The number of nitrogens with zero attached hydrogens (tertiary/aromatic N) is 1. The summed E-state index contributed by atoms with van der Waals surface area (Å²) in [6.45, 7) is 2.64. The van der Waals surface area contributed by atoms with Crippen LogP contribution in [-0.4, -0.2) is 43.5 Å². The zero-order valence-electron chi connectivity index (χ0n) is 13.4. The molecule has 0 radical (unpaired) electrons. The summed E-state index contributed by atoms with van der Waals surface area (Å²) in [6.07, 6.45) is 1.74. The van der Waals surface area contributed by atoms with Crippen LogP contribution in [0.15, 0.2) is 16.6 Å². The molecule has 0 unspecified atom stereocenters. The van der Waals surface area contributed by atoms with Crippen molar-refractivity contribution in [2.24, 2.45) is 5.73 Å². The number of primary amides is 1. The number of hydrogen-bond acceptors (Lipinski definition) is 4. The summed E-state index contributed by atoms with van der Waals surface area (Å²) < 4.78 is 40.1. The molecule has 9 heteroatoms. The number of piperidine rings is 1. The van der Waals surface area contributed by atoms with E-state index in [4.69, 9.17) is 5.73 Å². The predicted octanol–water partition coefficient (Wildman–Crippen LogP) is 2.30. The lowest BCUT2D eigenvalue weighted by Gasteiger charge is -2.32. The molecular formula is C15H21BrFN3O3S. The van der Waals surface area contributed by atoms with Gasteiger partial charge in [0.2, 0.25) is 10.0 Å². The van der Waals surface area contributed by atoms with Crippen molar-refractivity contribution in [2.75, 3.05) is 24.2 Å².